The molecule has 0 aromatic carbocycles. The van der Waals surface area contributed by atoms with Gasteiger partial charge in [0, 0.05) is 26.8 Å². The Morgan fingerprint density at radius 2 is 2.20 bits per heavy atom. The molecule has 1 aliphatic rings. The van der Waals surface area contributed by atoms with Gasteiger partial charge in [0.2, 0.25) is 0 Å². The van der Waals surface area contributed by atoms with Crippen LogP contribution in [0.25, 0.3) is 0 Å². The molecule has 1 aromatic rings. The highest BCUT2D eigenvalue weighted by Gasteiger charge is 2.28. The first-order valence-corrected chi connectivity index (χ1v) is 8.87. The highest BCUT2D eigenvalue weighted by Crippen LogP contribution is 2.28. The number of hydrogen-bond acceptors (Lipinski definition) is 7. The number of aromatic nitrogens is 2. The van der Waals surface area contributed by atoms with Crippen LogP contribution >= 0.6 is 15.9 Å². The number of hydrogen-bond donors (Lipinski definition) is 1. The molecule has 8 nitrogen and oxygen atoms in total. The summed E-state index contributed by atoms with van der Waals surface area (Å²) in [4.78, 5) is 26.4. The van der Waals surface area contributed by atoms with Crippen molar-refractivity contribution in [1.82, 2.24) is 9.78 Å². The molecule has 0 aliphatic carbocycles. The number of nitrogens with zero attached hydrogens (tertiary/aromatic N) is 3. The lowest BCUT2D eigenvalue weighted by Crippen LogP contribution is -2.33. The van der Waals surface area contributed by atoms with Crippen LogP contribution in [0.1, 0.15) is 24.6 Å². The maximum absolute atomic E-state index is 12.6. The van der Waals surface area contributed by atoms with E-state index in [1.54, 1.807) is 6.92 Å². The summed E-state index contributed by atoms with van der Waals surface area (Å²) in [6.07, 6.45) is 3.84. The minimum atomic E-state index is -0.889. The SMILES string of the molecule is CCOC(=O)C(=CO)C(=O)n1ncc(Br)c1N(C)CC1CCOCC1. The van der Waals surface area contributed by atoms with Crippen LogP contribution in [0, 0.1) is 5.92 Å². The van der Waals surface area contributed by atoms with Crippen LogP contribution in [-0.4, -0.2) is 60.2 Å². The van der Waals surface area contributed by atoms with Crippen molar-refractivity contribution >= 4 is 33.6 Å². The van der Waals surface area contributed by atoms with Crippen LogP contribution in [-0.2, 0) is 14.3 Å². The second-order valence-corrected chi connectivity index (χ2v) is 6.59. The summed E-state index contributed by atoms with van der Waals surface area (Å²) in [5.41, 5.74) is -0.474. The third-order valence-corrected chi connectivity index (χ3v) is 4.54. The summed E-state index contributed by atoms with van der Waals surface area (Å²) < 4.78 is 11.9. The third-order valence-electron chi connectivity index (χ3n) is 3.98. The number of aliphatic hydroxyl groups is 1. The average Bonchev–Trinajstić information content (AvgIpc) is 2.98. The minimum absolute atomic E-state index is 0.1000. The van der Waals surface area contributed by atoms with Crippen LogP contribution in [0.2, 0.25) is 0 Å². The molecule has 0 unspecified atom stereocenters. The van der Waals surface area contributed by atoms with Crippen molar-refractivity contribution in [2.75, 3.05) is 38.3 Å². The summed E-state index contributed by atoms with van der Waals surface area (Å²) >= 11 is 3.39. The zero-order chi connectivity index (χ0) is 18.4. The van der Waals surface area contributed by atoms with Crippen LogP contribution in [0.15, 0.2) is 22.5 Å². The predicted molar refractivity (Wildman–Crippen MR) is 94.7 cm³/mol. The van der Waals surface area contributed by atoms with E-state index in [0.717, 1.165) is 37.3 Å². The maximum Gasteiger partial charge on any atom is 0.347 e. The van der Waals surface area contributed by atoms with E-state index in [4.69, 9.17) is 9.47 Å². The molecule has 1 aromatic heterocycles. The Morgan fingerprint density at radius 1 is 1.52 bits per heavy atom. The molecule has 2 rings (SSSR count). The van der Waals surface area contributed by atoms with Gasteiger partial charge >= 0.3 is 5.97 Å². The molecular weight excluding hydrogens is 394 g/mol. The molecule has 0 atom stereocenters. The lowest BCUT2D eigenvalue weighted by atomic mass is 10.00. The molecule has 1 fully saturated rings. The van der Waals surface area contributed by atoms with Gasteiger partial charge in [-0.25, -0.2) is 4.79 Å². The molecule has 9 heteroatoms. The third kappa shape index (κ3) is 4.60. The van der Waals surface area contributed by atoms with E-state index >= 15 is 0 Å². The van der Waals surface area contributed by atoms with Crippen molar-refractivity contribution in [2.24, 2.45) is 5.92 Å². The number of esters is 1. The Bertz CT molecular complexity index is 652. The summed E-state index contributed by atoms with van der Waals surface area (Å²) in [5, 5.41) is 13.3. The van der Waals surface area contributed by atoms with Crippen molar-refractivity contribution in [3.8, 4) is 0 Å². The Kier molecular flexibility index (Phi) is 7.01. The summed E-state index contributed by atoms with van der Waals surface area (Å²) in [6, 6.07) is 0. The number of anilines is 1. The minimum Gasteiger partial charge on any atom is -0.514 e. The topological polar surface area (TPSA) is 93.9 Å². The van der Waals surface area contributed by atoms with Gasteiger partial charge in [0.15, 0.2) is 5.57 Å². The average molecular weight is 416 g/mol. The molecule has 0 saturated carbocycles. The molecule has 1 N–H and O–H groups in total. The van der Waals surface area contributed by atoms with E-state index in [2.05, 4.69) is 21.0 Å². The first-order chi connectivity index (χ1) is 12.0. The normalized spacial score (nSPS) is 15.9. The molecule has 0 amide bonds. The van der Waals surface area contributed by atoms with E-state index in [9.17, 15) is 14.7 Å². The molecule has 1 saturated heterocycles. The van der Waals surface area contributed by atoms with Crippen molar-refractivity contribution in [1.29, 1.82) is 0 Å². The van der Waals surface area contributed by atoms with Gasteiger partial charge in [-0.15, -0.1) is 0 Å². The van der Waals surface area contributed by atoms with Crippen molar-refractivity contribution in [3.05, 3.63) is 22.5 Å². The van der Waals surface area contributed by atoms with Gasteiger partial charge in [-0.3, -0.25) is 4.79 Å². The van der Waals surface area contributed by atoms with Gasteiger partial charge in [-0.05, 0) is 41.6 Å². The molecule has 138 valence electrons. The lowest BCUT2D eigenvalue weighted by molar-refractivity contribution is -0.138. The maximum atomic E-state index is 12.6. The van der Waals surface area contributed by atoms with Crippen molar-refractivity contribution < 1.29 is 24.2 Å². The van der Waals surface area contributed by atoms with Crippen LogP contribution in [0.3, 0.4) is 0 Å². The fraction of sp³-hybridized carbons (Fsp3) is 0.562. The Balaban J connectivity index is 2.22. The molecule has 0 bridgehead atoms. The molecular formula is C16H22BrN3O5. The number of aliphatic hydroxyl groups excluding tert-OH is 1. The molecule has 0 radical (unpaired) electrons. The molecule has 25 heavy (non-hydrogen) atoms. The fourth-order valence-corrected chi connectivity index (χ4v) is 3.30. The van der Waals surface area contributed by atoms with Gasteiger partial charge in [0.25, 0.3) is 5.91 Å². The summed E-state index contributed by atoms with van der Waals surface area (Å²) in [7, 11) is 1.85. The number of ether oxygens (including phenoxy) is 2. The van der Waals surface area contributed by atoms with Crippen LogP contribution in [0.5, 0.6) is 0 Å². The van der Waals surface area contributed by atoms with Crippen molar-refractivity contribution in [3.63, 3.8) is 0 Å². The van der Waals surface area contributed by atoms with E-state index in [1.807, 2.05) is 11.9 Å². The van der Waals surface area contributed by atoms with E-state index in [0.29, 0.717) is 22.5 Å². The van der Waals surface area contributed by atoms with Gasteiger partial charge in [0.05, 0.1) is 23.5 Å². The molecule has 2 heterocycles. The zero-order valence-electron chi connectivity index (χ0n) is 14.3. The number of halogens is 1. The predicted octanol–water partition coefficient (Wildman–Crippen LogP) is 2.15. The quantitative estimate of drug-likeness (QED) is 0.250. The summed E-state index contributed by atoms with van der Waals surface area (Å²) in [6.45, 7) is 3.91. The standard InChI is InChI=1S/C16H22BrN3O5/c1-3-25-16(23)12(10-21)15(22)20-14(13(17)8-18-20)19(2)9-11-4-6-24-7-5-11/h8,10-11,21H,3-7,9H2,1-2H3. The van der Waals surface area contributed by atoms with Gasteiger partial charge in [0.1, 0.15) is 5.82 Å². The van der Waals surface area contributed by atoms with Gasteiger partial charge < -0.3 is 19.5 Å². The molecule has 1 aliphatic heterocycles. The number of carbonyl (C=O) groups is 2. The number of carbonyl (C=O) groups excluding carboxylic acids is 2. The zero-order valence-corrected chi connectivity index (χ0v) is 15.9. The summed E-state index contributed by atoms with van der Waals surface area (Å²) in [5.74, 6) is -0.678. The first kappa shape index (κ1) is 19.5. The van der Waals surface area contributed by atoms with Gasteiger partial charge in [-0.1, -0.05) is 0 Å². The highest BCUT2D eigenvalue weighted by molar-refractivity contribution is 9.10. The Morgan fingerprint density at radius 3 is 2.80 bits per heavy atom. The monoisotopic (exact) mass is 415 g/mol. The second kappa shape index (κ2) is 9.00. The van der Waals surface area contributed by atoms with E-state index in [1.165, 1.54) is 6.20 Å². The second-order valence-electron chi connectivity index (χ2n) is 5.73. The van der Waals surface area contributed by atoms with Crippen molar-refractivity contribution in [2.45, 2.75) is 19.8 Å². The van der Waals surface area contributed by atoms with E-state index < -0.39 is 17.4 Å². The Hall–Kier alpha value is -1.87. The highest BCUT2D eigenvalue weighted by atomic mass is 79.9. The first-order valence-electron chi connectivity index (χ1n) is 8.08. The molecule has 0 spiro atoms. The van der Waals surface area contributed by atoms with Gasteiger partial charge in [-0.2, -0.15) is 9.78 Å². The van der Waals surface area contributed by atoms with Crippen LogP contribution in [0.4, 0.5) is 5.82 Å². The Labute approximate surface area is 154 Å². The smallest absolute Gasteiger partial charge is 0.347 e. The largest absolute Gasteiger partial charge is 0.514 e. The van der Waals surface area contributed by atoms with Crippen LogP contribution < -0.4 is 4.90 Å². The fourth-order valence-electron chi connectivity index (χ4n) is 2.74. The van der Waals surface area contributed by atoms with E-state index in [-0.39, 0.29) is 6.61 Å². The lowest BCUT2D eigenvalue weighted by Gasteiger charge is -2.28. The number of rotatable bonds is 6.